The minimum absolute atomic E-state index is 0.0155. The molecule has 0 aromatic carbocycles. The molecule has 7 nitrogen and oxygen atoms in total. The highest BCUT2D eigenvalue weighted by Crippen LogP contribution is 2.10. The van der Waals surface area contributed by atoms with E-state index in [9.17, 15) is 14.4 Å². The van der Waals surface area contributed by atoms with E-state index < -0.39 is 11.2 Å². The molecular weight excluding hydrogens is 274 g/mol. The number of carbonyl (C=O) groups is 1. The summed E-state index contributed by atoms with van der Waals surface area (Å²) >= 11 is 0. The number of nitrogens with zero attached hydrogens (tertiary/aromatic N) is 1. The number of ether oxygens (including phenoxy) is 1. The quantitative estimate of drug-likeness (QED) is 0.813. The number of carbonyl (C=O) groups excluding carboxylic acids is 1. The topological polar surface area (TPSA) is 95.3 Å². The Balaban J connectivity index is 1.98. The highest BCUT2D eigenvalue weighted by atomic mass is 16.5. The number of nitrogens with one attached hydrogen (secondary N) is 2. The van der Waals surface area contributed by atoms with E-state index in [0.29, 0.717) is 37.4 Å². The van der Waals surface area contributed by atoms with E-state index in [1.165, 1.54) is 0 Å². The van der Waals surface area contributed by atoms with Crippen LogP contribution in [0.15, 0.2) is 9.59 Å². The summed E-state index contributed by atoms with van der Waals surface area (Å²) in [5.74, 6) is 0.0155. The maximum Gasteiger partial charge on any atom is 0.325 e. The van der Waals surface area contributed by atoms with Gasteiger partial charge in [0.25, 0.3) is 5.56 Å². The van der Waals surface area contributed by atoms with Crippen LogP contribution in [0.4, 0.5) is 0 Å². The molecule has 0 aliphatic carbocycles. The molecule has 2 heterocycles. The van der Waals surface area contributed by atoms with Crippen molar-refractivity contribution in [2.24, 2.45) is 0 Å². The van der Waals surface area contributed by atoms with E-state index in [0.717, 1.165) is 6.42 Å². The van der Waals surface area contributed by atoms with Gasteiger partial charge >= 0.3 is 5.69 Å². The Labute approximate surface area is 122 Å². The van der Waals surface area contributed by atoms with Crippen LogP contribution in [0.2, 0.25) is 0 Å². The van der Waals surface area contributed by atoms with Gasteiger partial charge in [-0.15, -0.1) is 0 Å². The standard InChI is InChI=1S/C14H21N3O4/c1-3-10-8-17(6-7-21-10)12(18)5-4-11-9(2)15-14(20)16-13(11)19/h10H,3-8H2,1-2H3,(H2,15,16,19,20)/t10-/m0/s1. The summed E-state index contributed by atoms with van der Waals surface area (Å²) in [5.41, 5.74) is 0.0391. The summed E-state index contributed by atoms with van der Waals surface area (Å²) in [6.45, 7) is 5.45. The number of aromatic amines is 2. The van der Waals surface area contributed by atoms with Gasteiger partial charge in [-0.05, 0) is 19.8 Å². The van der Waals surface area contributed by atoms with Crippen LogP contribution in [0.3, 0.4) is 0 Å². The van der Waals surface area contributed by atoms with Crippen molar-refractivity contribution in [1.82, 2.24) is 14.9 Å². The lowest BCUT2D eigenvalue weighted by atomic mass is 10.1. The molecule has 0 saturated carbocycles. The van der Waals surface area contributed by atoms with Gasteiger partial charge in [0, 0.05) is 30.8 Å². The fraction of sp³-hybridized carbons (Fsp3) is 0.643. The van der Waals surface area contributed by atoms with E-state index in [2.05, 4.69) is 9.97 Å². The van der Waals surface area contributed by atoms with Crippen LogP contribution >= 0.6 is 0 Å². The Bertz CT molecular complexity index is 619. The fourth-order valence-electron chi connectivity index (χ4n) is 2.51. The molecule has 1 aliphatic heterocycles. The van der Waals surface area contributed by atoms with Gasteiger partial charge in [-0.25, -0.2) is 4.79 Å². The van der Waals surface area contributed by atoms with Gasteiger partial charge in [0.05, 0.1) is 12.7 Å². The van der Waals surface area contributed by atoms with Crippen LogP contribution in [0.1, 0.15) is 31.0 Å². The largest absolute Gasteiger partial charge is 0.375 e. The van der Waals surface area contributed by atoms with Crippen molar-refractivity contribution in [2.75, 3.05) is 19.7 Å². The molecule has 7 heteroatoms. The Hall–Kier alpha value is -1.89. The number of hydrogen-bond acceptors (Lipinski definition) is 4. The first-order valence-corrected chi connectivity index (χ1v) is 7.22. The van der Waals surface area contributed by atoms with Gasteiger partial charge in [0.15, 0.2) is 0 Å². The lowest BCUT2D eigenvalue weighted by Gasteiger charge is -2.32. The maximum absolute atomic E-state index is 12.2. The first-order chi connectivity index (χ1) is 10.0. The Morgan fingerprint density at radius 2 is 2.14 bits per heavy atom. The smallest absolute Gasteiger partial charge is 0.325 e. The van der Waals surface area contributed by atoms with Crippen molar-refractivity contribution in [2.45, 2.75) is 39.2 Å². The van der Waals surface area contributed by atoms with Gasteiger partial charge in [0.1, 0.15) is 0 Å². The number of rotatable bonds is 4. The molecule has 2 rings (SSSR count). The Kier molecular flexibility index (Phi) is 4.95. The van der Waals surface area contributed by atoms with Crippen LogP contribution < -0.4 is 11.2 Å². The first-order valence-electron chi connectivity index (χ1n) is 7.22. The molecule has 116 valence electrons. The molecule has 0 unspecified atom stereocenters. The van der Waals surface area contributed by atoms with Crippen molar-refractivity contribution in [3.63, 3.8) is 0 Å². The van der Waals surface area contributed by atoms with Crippen LogP contribution in [0, 0.1) is 6.92 Å². The SMILES string of the molecule is CC[C@H]1CN(C(=O)CCc2c(C)[nH]c(=O)[nH]c2=O)CCO1. The third-order valence-electron chi connectivity index (χ3n) is 3.79. The zero-order valence-corrected chi connectivity index (χ0v) is 12.4. The normalized spacial score (nSPS) is 18.8. The van der Waals surface area contributed by atoms with E-state index in [-0.39, 0.29) is 18.4 Å². The Morgan fingerprint density at radius 1 is 1.38 bits per heavy atom. The summed E-state index contributed by atoms with van der Waals surface area (Å²) in [6, 6.07) is 0. The molecular formula is C14H21N3O4. The van der Waals surface area contributed by atoms with Crippen LogP contribution in [0.25, 0.3) is 0 Å². The van der Waals surface area contributed by atoms with Crippen LogP contribution in [-0.2, 0) is 16.0 Å². The van der Waals surface area contributed by atoms with Crippen molar-refractivity contribution in [1.29, 1.82) is 0 Å². The predicted molar refractivity (Wildman–Crippen MR) is 77.4 cm³/mol. The van der Waals surface area contributed by atoms with Gasteiger partial charge in [-0.2, -0.15) is 0 Å². The lowest BCUT2D eigenvalue weighted by molar-refractivity contribution is -0.138. The van der Waals surface area contributed by atoms with Gasteiger partial charge < -0.3 is 14.6 Å². The number of morpholine rings is 1. The summed E-state index contributed by atoms with van der Waals surface area (Å²) in [7, 11) is 0. The van der Waals surface area contributed by atoms with Crippen molar-refractivity contribution < 1.29 is 9.53 Å². The third-order valence-corrected chi connectivity index (χ3v) is 3.79. The fourth-order valence-corrected chi connectivity index (χ4v) is 2.51. The van der Waals surface area contributed by atoms with E-state index in [1.807, 2.05) is 6.92 Å². The number of H-pyrrole nitrogens is 2. The molecule has 1 atom stereocenters. The van der Waals surface area contributed by atoms with Crippen LogP contribution in [0.5, 0.6) is 0 Å². The van der Waals surface area contributed by atoms with Crippen molar-refractivity contribution >= 4 is 5.91 Å². The van der Waals surface area contributed by atoms with Crippen molar-refractivity contribution in [3.05, 3.63) is 32.1 Å². The van der Waals surface area contributed by atoms with E-state index >= 15 is 0 Å². The van der Waals surface area contributed by atoms with E-state index in [1.54, 1.807) is 11.8 Å². The number of amides is 1. The number of aromatic nitrogens is 2. The minimum Gasteiger partial charge on any atom is -0.375 e. The summed E-state index contributed by atoms with van der Waals surface area (Å²) in [5, 5.41) is 0. The lowest BCUT2D eigenvalue weighted by Crippen LogP contribution is -2.45. The molecule has 1 saturated heterocycles. The van der Waals surface area contributed by atoms with Gasteiger partial charge in [-0.3, -0.25) is 14.6 Å². The average Bonchev–Trinajstić information content (AvgIpc) is 2.46. The zero-order valence-electron chi connectivity index (χ0n) is 12.4. The highest BCUT2D eigenvalue weighted by molar-refractivity contribution is 5.76. The summed E-state index contributed by atoms with van der Waals surface area (Å²) in [4.78, 5) is 41.6. The molecule has 1 amide bonds. The first kappa shape index (κ1) is 15.5. The Morgan fingerprint density at radius 3 is 2.81 bits per heavy atom. The average molecular weight is 295 g/mol. The second-order valence-electron chi connectivity index (χ2n) is 5.25. The van der Waals surface area contributed by atoms with Crippen molar-refractivity contribution in [3.8, 4) is 0 Å². The van der Waals surface area contributed by atoms with Gasteiger partial charge in [-0.1, -0.05) is 6.92 Å². The molecule has 1 aromatic rings. The summed E-state index contributed by atoms with van der Waals surface area (Å²) < 4.78 is 5.53. The molecule has 2 N–H and O–H groups in total. The second kappa shape index (κ2) is 6.71. The van der Waals surface area contributed by atoms with Crippen LogP contribution in [-0.4, -0.2) is 46.6 Å². The monoisotopic (exact) mass is 295 g/mol. The zero-order chi connectivity index (χ0) is 15.4. The van der Waals surface area contributed by atoms with Gasteiger partial charge in [0.2, 0.25) is 5.91 Å². The molecule has 1 aromatic heterocycles. The molecule has 21 heavy (non-hydrogen) atoms. The molecule has 1 aliphatic rings. The highest BCUT2D eigenvalue weighted by Gasteiger charge is 2.23. The molecule has 0 radical (unpaired) electrons. The third kappa shape index (κ3) is 3.81. The molecule has 1 fully saturated rings. The minimum atomic E-state index is -0.522. The summed E-state index contributed by atoms with van der Waals surface area (Å²) in [6.07, 6.45) is 1.56. The van der Waals surface area contributed by atoms with E-state index in [4.69, 9.17) is 4.74 Å². The number of hydrogen-bond donors (Lipinski definition) is 2. The second-order valence-corrected chi connectivity index (χ2v) is 5.25. The number of aryl methyl sites for hydroxylation is 1. The maximum atomic E-state index is 12.2. The predicted octanol–water partition coefficient (Wildman–Crippen LogP) is -0.0584. The molecule has 0 spiro atoms. The molecule has 0 bridgehead atoms.